The summed E-state index contributed by atoms with van der Waals surface area (Å²) in [5.74, 6) is 0.653. The standard InChI is InChI=1S/C12H16O5/c1-7-11(16-3)8(6-10(13)14)5-9(15-2)12(7)17-4/h5H,6H2,1-4H3,(H,13,14). The second-order valence-electron chi connectivity index (χ2n) is 3.50. The quantitative estimate of drug-likeness (QED) is 0.847. The normalized spacial score (nSPS) is 9.88. The molecule has 5 nitrogen and oxygen atoms in total. The Kier molecular flexibility index (Phi) is 4.20. The van der Waals surface area contributed by atoms with Gasteiger partial charge in [-0.2, -0.15) is 0 Å². The van der Waals surface area contributed by atoms with Crippen molar-refractivity contribution >= 4 is 5.97 Å². The third-order valence-electron chi connectivity index (χ3n) is 2.47. The van der Waals surface area contributed by atoms with Crippen molar-refractivity contribution in [3.05, 3.63) is 17.2 Å². The van der Waals surface area contributed by atoms with Crippen molar-refractivity contribution in [1.82, 2.24) is 0 Å². The zero-order valence-corrected chi connectivity index (χ0v) is 10.4. The van der Waals surface area contributed by atoms with E-state index in [4.69, 9.17) is 19.3 Å². The van der Waals surface area contributed by atoms with Crippen LogP contribution in [0.1, 0.15) is 11.1 Å². The Bertz CT molecular complexity index is 425. The molecule has 0 aliphatic heterocycles. The second kappa shape index (κ2) is 5.43. The largest absolute Gasteiger partial charge is 0.496 e. The van der Waals surface area contributed by atoms with E-state index in [2.05, 4.69) is 0 Å². The van der Waals surface area contributed by atoms with Crippen molar-refractivity contribution in [1.29, 1.82) is 0 Å². The Morgan fingerprint density at radius 2 is 1.76 bits per heavy atom. The summed E-state index contributed by atoms with van der Waals surface area (Å²) in [5, 5.41) is 8.84. The van der Waals surface area contributed by atoms with Gasteiger partial charge in [-0.05, 0) is 13.0 Å². The molecule has 0 heterocycles. The lowest BCUT2D eigenvalue weighted by atomic mass is 10.0. The fraction of sp³-hybridized carbons (Fsp3) is 0.417. The molecule has 0 saturated heterocycles. The summed E-state index contributed by atoms with van der Waals surface area (Å²) in [4.78, 5) is 10.8. The number of carboxylic acid groups (broad SMARTS) is 1. The van der Waals surface area contributed by atoms with E-state index in [0.29, 0.717) is 22.8 Å². The van der Waals surface area contributed by atoms with Crippen molar-refractivity contribution in [3.8, 4) is 17.2 Å². The molecular weight excluding hydrogens is 224 g/mol. The van der Waals surface area contributed by atoms with Gasteiger partial charge in [0.25, 0.3) is 0 Å². The minimum Gasteiger partial charge on any atom is -0.496 e. The van der Waals surface area contributed by atoms with Crippen LogP contribution in [0.5, 0.6) is 17.2 Å². The van der Waals surface area contributed by atoms with E-state index in [0.717, 1.165) is 5.56 Å². The molecule has 0 atom stereocenters. The molecule has 94 valence electrons. The smallest absolute Gasteiger partial charge is 0.307 e. The lowest BCUT2D eigenvalue weighted by molar-refractivity contribution is -0.136. The number of hydrogen-bond acceptors (Lipinski definition) is 4. The first-order chi connectivity index (χ1) is 8.04. The number of carboxylic acids is 1. The minimum absolute atomic E-state index is 0.121. The van der Waals surface area contributed by atoms with Crippen LogP contribution in [-0.4, -0.2) is 32.4 Å². The third-order valence-corrected chi connectivity index (χ3v) is 2.47. The van der Waals surface area contributed by atoms with Gasteiger partial charge in [0.05, 0.1) is 27.8 Å². The van der Waals surface area contributed by atoms with E-state index in [1.54, 1.807) is 13.0 Å². The Balaban J connectivity index is 3.39. The van der Waals surface area contributed by atoms with Crippen LogP contribution < -0.4 is 14.2 Å². The van der Waals surface area contributed by atoms with Crippen LogP contribution in [0.4, 0.5) is 0 Å². The predicted octanol–water partition coefficient (Wildman–Crippen LogP) is 1.65. The number of aliphatic carboxylic acids is 1. The number of benzene rings is 1. The van der Waals surface area contributed by atoms with Gasteiger partial charge in [-0.3, -0.25) is 4.79 Å². The van der Waals surface area contributed by atoms with Crippen LogP contribution >= 0.6 is 0 Å². The van der Waals surface area contributed by atoms with Gasteiger partial charge in [-0.25, -0.2) is 0 Å². The first-order valence-electron chi connectivity index (χ1n) is 5.05. The van der Waals surface area contributed by atoms with Gasteiger partial charge in [0.1, 0.15) is 5.75 Å². The fourth-order valence-corrected chi connectivity index (χ4v) is 1.80. The van der Waals surface area contributed by atoms with Gasteiger partial charge < -0.3 is 19.3 Å². The highest BCUT2D eigenvalue weighted by Gasteiger charge is 2.18. The SMILES string of the molecule is COc1cc(CC(=O)O)c(OC)c(C)c1OC. The molecule has 0 spiro atoms. The van der Waals surface area contributed by atoms with E-state index in [1.807, 2.05) is 0 Å². The highest BCUT2D eigenvalue weighted by atomic mass is 16.5. The molecule has 0 aliphatic carbocycles. The van der Waals surface area contributed by atoms with E-state index < -0.39 is 5.97 Å². The summed E-state index contributed by atoms with van der Waals surface area (Å²) >= 11 is 0. The van der Waals surface area contributed by atoms with Crippen LogP contribution in [0.25, 0.3) is 0 Å². The maximum Gasteiger partial charge on any atom is 0.307 e. The predicted molar refractivity (Wildman–Crippen MR) is 62.2 cm³/mol. The molecule has 0 aliphatic rings. The highest BCUT2D eigenvalue weighted by molar-refractivity contribution is 5.73. The molecule has 0 bridgehead atoms. The van der Waals surface area contributed by atoms with Gasteiger partial charge in [-0.15, -0.1) is 0 Å². The molecular formula is C12H16O5. The van der Waals surface area contributed by atoms with E-state index in [9.17, 15) is 4.79 Å². The molecule has 0 unspecified atom stereocenters. The summed E-state index contributed by atoms with van der Waals surface area (Å²) in [5.41, 5.74) is 1.29. The molecule has 0 aromatic heterocycles. The zero-order valence-electron chi connectivity index (χ0n) is 10.4. The highest BCUT2D eigenvalue weighted by Crippen LogP contribution is 2.39. The molecule has 0 saturated carbocycles. The van der Waals surface area contributed by atoms with Gasteiger partial charge in [0, 0.05) is 11.1 Å². The zero-order chi connectivity index (χ0) is 13.0. The van der Waals surface area contributed by atoms with Crippen molar-refractivity contribution in [3.63, 3.8) is 0 Å². The average molecular weight is 240 g/mol. The summed E-state index contributed by atoms with van der Waals surface area (Å²) < 4.78 is 15.6. The second-order valence-corrected chi connectivity index (χ2v) is 3.50. The Morgan fingerprint density at radius 3 is 2.18 bits per heavy atom. The van der Waals surface area contributed by atoms with Gasteiger partial charge in [-0.1, -0.05) is 0 Å². The molecule has 1 N–H and O–H groups in total. The van der Waals surface area contributed by atoms with E-state index >= 15 is 0 Å². The lowest BCUT2D eigenvalue weighted by Gasteiger charge is -2.16. The monoisotopic (exact) mass is 240 g/mol. The Labute approximate surface area is 99.9 Å². The van der Waals surface area contributed by atoms with Crippen molar-refractivity contribution < 1.29 is 24.1 Å². The maximum absolute atomic E-state index is 10.8. The number of carbonyl (C=O) groups is 1. The van der Waals surface area contributed by atoms with E-state index in [-0.39, 0.29) is 6.42 Å². The third kappa shape index (κ3) is 2.61. The summed E-state index contributed by atoms with van der Waals surface area (Å²) in [6.07, 6.45) is -0.121. The van der Waals surface area contributed by atoms with Gasteiger partial charge in [0.15, 0.2) is 11.5 Å². The van der Waals surface area contributed by atoms with Crippen LogP contribution in [-0.2, 0) is 11.2 Å². The summed E-state index contributed by atoms with van der Waals surface area (Å²) in [6.45, 7) is 1.80. The first-order valence-corrected chi connectivity index (χ1v) is 5.05. The molecule has 1 aromatic carbocycles. The molecule has 1 aromatic rings. The number of methoxy groups -OCH3 is 3. The van der Waals surface area contributed by atoms with Crippen LogP contribution in [0, 0.1) is 6.92 Å². The Hall–Kier alpha value is -1.91. The van der Waals surface area contributed by atoms with Gasteiger partial charge >= 0.3 is 5.97 Å². The number of hydrogen-bond donors (Lipinski definition) is 1. The average Bonchev–Trinajstić information content (AvgIpc) is 2.28. The topological polar surface area (TPSA) is 65.0 Å². The minimum atomic E-state index is -0.921. The van der Waals surface area contributed by atoms with E-state index in [1.165, 1.54) is 21.3 Å². The number of rotatable bonds is 5. The number of ether oxygens (including phenoxy) is 3. The van der Waals surface area contributed by atoms with Crippen molar-refractivity contribution in [2.75, 3.05) is 21.3 Å². The summed E-state index contributed by atoms with van der Waals surface area (Å²) in [6, 6.07) is 1.62. The van der Waals surface area contributed by atoms with Crippen LogP contribution in [0.3, 0.4) is 0 Å². The van der Waals surface area contributed by atoms with Crippen molar-refractivity contribution in [2.45, 2.75) is 13.3 Å². The first kappa shape index (κ1) is 13.2. The summed E-state index contributed by atoms with van der Waals surface area (Å²) in [7, 11) is 4.54. The molecule has 17 heavy (non-hydrogen) atoms. The van der Waals surface area contributed by atoms with Crippen LogP contribution in [0.2, 0.25) is 0 Å². The molecule has 5 heteroatoms. The molecule has 0 fully saturated rings. The lowest BCUT2D eigenvalue weighted by Crippen LogP contribution is -2.05. The van der Waals surface area contributed by atoms with Gasteiger partial charge in [0.2, 0.25) is 0 Å². The molecule has 0 radical (unpaired) electrons. The fourth-order valence-electron chi connectivity index (χ4n) is 1.80. The van der Waals surface area contributed by atoms with Crippen LogP contribution in [0.15, 0.2) is 6.07 Å². The Morgan fingerprint density at radius 1 is 1.18 bits per heavy atom. The maximum atomic E-state index is 10.8. The molecule has 0 amide bonds. The van der Waals surface area contributed by atoms with Crippen molar-refractivity contribution in [2.24, 2.45) is 0 Å². The molecule has 1 rings (SSSR count).